The predicted octanol–water partition coefficient (Wildman–Crippen LogP) is 2.57. The molecule has 0 spiro atoms. The summed E-state index contributed by atoms with van der Waals surface area (Å²) < 4.78 is 5.46. The molecule has 1 N–H and O–H groups in total. The summed E-state index contributed by atoms with van der Waals surface area (Å²) in [5.41, 5.74) is 0.571. The number of nitrogens with zero attached hydrogens (tertiary/aromatic N) is 1. The maximum Gasteiger partial charge on any atom is 0.258 e. The third-order valence-corrected chi connectivity index (χ3v) is 5.51. The molecule has 1 heterocycles. The molecular weight excluding hydrogens is 344 g/mol. The van der Waals surface area contributed by atoms with Gasteiger partial charge in [0.05, 0.1) is 0 Å². The summed E-state index contributed by atoms with van der Waals surface area (Å²) in [4.78, 5) is 37.3. The molecule has 1 aliphatic carbocycles. The first-order valence-electron chi connectivity index (χ1n) is 9.92. The number of amides is 2. The van der Waals surface area contributed by atoms with E-state index in [1.165, 1.54) is 19.3 Å². The summed E-state index contributed by atoms with van der Waals surface area (Å²) in [6.07, 6.45) is 7.99. The lowest BCUT2D eigenvalue weighted by Crippen LogP contribution is -2.49. The number of ether oxygens (including phenoxy) is 1. The minimum atomic E-state index is -0.161. The van der Waals surface area contributed by atoms with Crippen molar-refractivity contribution in [3.8, 4) is 5.75 Å². The van der Waals surface area contributed by atoms with Gasteiger partial charge in [0.2, 0.25) is 5.91 Å². The molecule has 1 aromatic rings. The Hall–Kier alpha value is -2.37. The van der Waals surface area contributed by atoms with Crippen LogP contribution >= 0.6 is 0 Å². The van der Waals surface area contributed by atoms with Crippen molar-refractivity contribution in [3.63, 3.8) is 0 Å². The number of hydrogen-bond acceptors (Lipinski definition) is 4. The lowest BCUT2D eigenvalue weighted by atomic mass is 9.87. The summed E-state index contributed by atoms with van der Waals surface area (Å²) in [6, 6.07) is 6.74. The third kappa shape index (κ3) is 5.55. The summed E-state index contributed by atoms with van der Waals surface area (Å²) in [7, 11) is 0. The van der Waals surface area contributed by atoms with E-state index in [-0.39, 0.29) is 24.5 Å². The van der Waals surface area contributed by atoms with Crippen LogP contribution in [0.4, 0.5) is 0 Å². The van der Waals surface area contributed by atoms with E-state index < -0.39 is 0 Å². The summed E-state index contributed by atoms with van der Waals surface area (Å²) in [5.74, 6) is 0.917. The molecule has 0 aromatic heterocycles. The molecule has 0 unspecified atom stereocenters. The number of nitrogens with one attached hydrogen (secondary N) is 1. The van der Waals surface area contributed by atoms with Gasteiger partial charge in [0.15, 0.2) is 6.61 Å². The van der Waals surface area contributed by atoms with Crippen molar-refractivity contribution in [2.75, 3.05) is 19.7 Å². The van der Waals surface area contributed by atoms with Crippen LogP contribution in [0.1, 0.15) is 55.3 Å². The molecule has 1 saturated heterocycles. The monoisotopic (exact) mass is 372 g/mol. The van der Waals surface area contributed by atoms with Gasteiger partial charge in [-0.2, -0.15) is 0 Å². The van der Waals surface area contributed by atoms with Crippen LogP contribution in [0.2, 0.25) is 0 Å². The number of piperidine rings is 1. The Morgan fingerprint density at radius 2 is 1.70 bits per heavy atom. The second kappa shape index (κ2) is 9.53. The number of hydrogen-bond donors (Lipinski definition) is 1. The molecule has 6 heteroatoms. The molecule has 27 heavy (non-hydrogen) atoms. The van der Waals surface area contributed by atoms with E-state index in [1.807, 2.05) is 4.90 Å². The van der Waals surface area contributed by atoms with Crippen LogP contribution in [0.25, 0.3) is 0 Å². The largest absolute Gasteiger partial charge is 0.484 e. The zero-order valence-corrected chi connectivity index (χ0v) is 15.7. The van der Waals surface area contributed by atoms with E-state index in [4.69, 9.17) is 4.74 Å². The van der Waals surface area contributed by atoms with E-state index in [0.717, 1.165) is 32.0 Å². The molecule has 6 nitrogen and oxygen atoms in total. The quantitative estimate of drug-likeness (QED) is 0.779. The second-order valence-corrected chi connectivity index (χ2v) is 7.48. The van der Waals surface area contributed by atoms with Crippen LogP contribution in [-0.2, 0) is 9.59 Å². The Morgan fingerprint density at radius 1 is 1.04 bits per heavy atom. The van der Waals surface area contributed by atoms with Crippen LogP contribution < -0.4 is 10.1 Å². The van der Waals surface area contributed by atoms with Crippen molar-refractivity contribution >= 4 is 18.1 Å². The summed E-state index contributed by atoms with van der Waals surface area (Å²) in [6.45, 7) is 1.38. The number of likely N-dealkylation sites (tertiary alicyclic amines) is 1. The highest BCUT2D eigenvalue weighted by Crippen LogP contribution is 2.26. The van der Waals surface area contributed by atoms with Crippen LogP contribution in [0.3, 0.4) is 0 Å². The van der Waals surface area contributed by atoms with E-state index in [0.29, 0.717) is 30.3 Å². The highest BCUT2D eigenvalue weighted by atomic mass is 16.5. The molecular formula is C21H28N2O4. The van der Waals surface area contributed by atoms with Crippen LogP contribution in [-0.4, -0.2) is 48.7 Å². The summed E-state index contributed by atoms with van der Waals surface area (Å²) >= 11 is 0. The topological polar surface area (TPSA) is 75.7 Å². The van der Waals surface area contributed by atoms with Gasteiger partial charge in [-0.25, -0.2) is 0 Å². The van der Waals surface area contributed by atoms with Gasteiger partial charge in [0.1, 0.15) is 12.0 Å². The molecule has 3 rings (SSSR count). The molecule has 2 aliphatic rings. The molecule has 0 atom stereocenters. The normalized spacial score (nSPS) is 18.7. The third-order valence-electron chi connectivity index (χ3n) is 5.51. The molecule has 2 fully saturated rings. The lowest BCUT2D eigenvalue weighted by molar-refractivity contribution is -0.137. The fraction of sp³-hybridized carbons (Fsp3) is 0.571. The van der Waals surface area contributed by atoms with Crippen LogP contribution in [0, 0.1) is 5.92 Å². The Balaban J connectivity index is 1.37. The number of rotatable bonds is 6. The van der Waals surface area contributed by atoms with Gasteiger partial charge in [0, 0.05) is 30.6 Å². The molecule has 1 aromatic carbocycles. The van der Waals surface area contributed by atoms with E-state index >= 15 is 0 Å². The number of carbonyl (C=O) groups excluding carboxylic acids is 3. The molecule has 1 saturated carbocycles. The fourth-order valence-electron chi connectivity index (χ4n) is 3.91. The highest BCUT2D eigenvalue weighted by molar-refractivity contribution is 5.79. The predicted molar refractivity (Wildman–Crippen MR) is 102 cm³/mol. The van der Waals surface area contributed by atoms with Gasteiger partial charge in [-0.3, -0.25) is 14.4 Å². The number of carbonyl (C=O) groups is 3. The van der Waals surface area contributed by atoms with Crippen molar-refractivity contribution in [1.82, 2.24) is 10.2 Å². The van der Waals surface area contributed by atoms with Gasteiger partial charge in [-0.1, -0.05) is 19.3 Å². The zero-order valence-electron chi connectivity index (χ0n) is 15.7. The lowest BCUT2D eigenvalue weighted by Gasteiger charge is -2.35. The first-order chi connectivity index (χ1) is 13.2. The minimum Gasteiger partial charge on any atom is -0.484 e. The van der Waals surface area contributed by atoms with Crippen molar-refractivity contribution in [2.24, 2.45) is 5.92 Å². The van der Waals surface area contributed by atoms with Gasteiger partial charge >= 0.3 is 0 Å². The molecule has 0 radical (unpaired) electrons. The smallest absolute Gasteiger partial charge is 0.258 e. The van der Waals surface area contributed by atoms with Crippen LogP contribution in [0.5, 0.6) is 5.75 Å². The van der Waals surface area contributed by atoms with Crippen molar-refractivity contribution in [2.45, 2.75) is 51.0 Å². The van der Waals surface area contributed by atoms with Gasteiger partial charge in [-0.15, -0.1) is 0 Å². The van der Waals surface area contributed by atoms with E-state index in [1.54, 1.807) is 24.3 Å². The molecule has 2 amide bonds. The maximum atomic E-state index is 12.6. The Kier molecular flexibility index (Phi) is 6.85. The average molecular weight is 372 g/mol. The van der Waals surface area contributed by atoms with E-state index in [9.17, 15) is 14.4 Å². The highest BCUT2D eigenvalue weighted by Gasteiger charge is 2.29. The Labute approximate surface area is 160 Å². The molecule has 146 valence electrons. The number of aldehydes is 1. The Morgan fingerprint density at radius 3 is 2.33 bits per heavy atom. The SMILES string of the molecule is O=Cc1ccc(OCC(=O)NC2CCN(C(=O)C3CCCCC3)CC2)cc1. The molecule has 1 aliphatic heterocycles. The van der Waals surface area contributed by atoms with Crippen molar-refractivity contribution < 1.29 is 19.1 Å². The van der Waals surface area contributed by atoms with Gasteiger partial charge < -0.3 is 15.0 Å². The maximum absolute atomic E-state index is 12.6. The van der Waals surface area contributed by atoms with E-state index in [2.05, 4.69) is 5.32 Å². The first-order valence-corrected chi connectivity index (χ1v) is 9.92. The van der Waals surface area contributed by atoms with Gasteiger partial charge in [0.25, 0.3) is 5.91 Å². The summed E-state index contributed by atoms with van der Waals surface area (Å²) in [5, 5.41) is 2.99. The Bertz CT molecular complexity index is 645. The van der Waals surface area contributed by atoms with Crippen LogP contribution in [0.15, 0.2) is 24.3 Å². The minimum absolute atomic E-state index is 0.0539. The number of benzene rings is 1. The second-order valence-electron chi connectivity index (χ2n) is 7.48. The standard InChI is InChI=1S/C21H28N2O4/c24-14-16-6-8-19(9-7-16)27-15-20(25)22-18-10-12-23(13-11-18)21(26)17-4-2-1-3-5-17/h6-9,14,17-18H,1-5,10-13,15H2,(H,22,25). The fourth-order valence-corrected chi connectivity index (χ4v) is 3.91. The van der Waals surface area contributed by atoms with Crippen molar-refractivity contribution in [3.05, 3.63) is 29.8 Å². The van der Waals surface area contributed by atoms with Crippen molar-refractivity contribution in [1.29, 1.82) is 0 Å². The molecule has 0 bridgehead atoms. The van der Waals surface area contributed by atoms with Gasteiger partial charge in [-0.05, 0) is 49.9 Å². The zero-order chi connectivity index (χ0) is 19.1. The first kappa shape index (κ1) is 19.4. The average Bonchev–Trinajstić information content (AvgIpc) is 2.73.